The highest BCUT2D eigenvalue weighted by Gasteiger charge is 2.37. The second kappa shape index (κ2) is 4.98. The monoisotopic (exact) mass is 292 g/mol. The van der Waals surface area contributed by atoms with Gasteiger partial charge in [0.2, 0.25) is 0 Å². The lowest BCUT2D eigenvalue weighted by Gasteiger charge is -2.35. The quantitative estimate of drug-likeness (QED) is 0.741. The summed E-state index contributed by atoms with van der Waals surface area (Å²) in [6.45, 7) is 4.40. The van der Waals surface area contributed by atoms with Crippen molar-refractivity contribution >= 4 is 16.6 Å². The number of ketones is 1. The van der Waals surface area contributed by atoms with Crippen molar-refractivity contribution in [1.82, 2.24) is 0 Å². The van der Waals surface area contributed by atoms with Crippen LogP contribution in [0.1, 0.15) is 44.6 Å². The third-order valence-corrected chi connectivity index (χ3v) is 4.86. The van der Waals surface area contributed by atoms with Crippen LogP contribution in [0, 0.1) is 5.92 Å². The van der Waals surface area contributed by atoms with Gasteiger partial charge in [-0.15, -0.1) is 0 Å². The Morgan fingerprint density at radius 2 is 1.91 bits per heavy atom. The summed E-state index contributed by atoms with van der Waals surface area (Å²) >= 11 is 0. The maximum Gasteiger partial charge on any atom is 0.162 e. The van der Waals surface area contributed by atoms with Gasteiger partial charge >= 0.3 is 0 Å². The van der Waals surface area contributed by atoms with E-state index in [0.717, 1.165) is 29.9 Å². The Morgan fingerprint density at radius 3 is 2.73 bits per heavy atom. The number of hydrogen-bond acceptors (Lipinski definition) is 2. The van der Waals surface area contributed by atoms with Crippen molar-refractivity contribution in [1.29, 1.82) is 0 Å². The van der Waals surface area contributed by atoms with Crippen molar-refractivity contribution in [2.75, 3.05) is 0 Å². The van der Waals surface area contributed by atoms with E-state index in [9.17, 15) is 4.79 Å². The van der Waals surface area contributed by atoms with Gasteiger partial charge in [0.15, 0.2) is 5.78 Å². The van der Waals surface area contributed by atoms with Crippen molar-refractivity contribution < 1.29 is 9.53 Å². The second-order valence-corrected chi connectivity index (χ2v) is 6.64. The summed E-state index contributed by atoms with van der Waals surface area (Å²) in [6.07, 6.45) is 2.45. The van der Waals surface area contributed by atoms with Crippen LogP contribution in [0.25, 0.3) is 10.8 Å². The normalized spacial score (nSPS) is 20.9. The molecule has 2 aromatic carbocycles. The molecule has 1 unspecified atom stereocenters. The third-order valence-electron chi connectivity index (χ3n) is 4.86. The fourth-order valence-corrected chi connectivity index (χ4v) is 3.92. The molecule has 0 N–H and O–H groups in total. The van der Waals surface area contributed by atoms with Gasteiger partial charge < -0.3 is 4.74 Å². The first-order valence-corrected chi connectivity index (χ1v) is 8.12. The molecular weight excluding hydrogens is 272 g/mol. The highest BCUT2D eigenvalue weighted by molar-refractivity contribution is 6.00. The van der Waals surface area contributed by atoms with Gasteiger partial charge in [-0.25, -0.2) is 0 Å². The molecule has 1 aliphatic carbocycles. The summed E-state index contributed by atoms with van der Waals surface area (Å²) in [6, 6.07) is 12.6. The van der Waals surface area contributed by atoms with Gasteiger partial charge in [0.1, 0.15) is 11.5 Å². The van der Waals surface area contributed by atoms with Gasteiger partial charge in [-0.1, -0.05) is 44.2 Å². The van der Waals surface area contributed by atoms with Gasteiger partial charge in [-0.3, -0.25) is 4.79 Å². The predicted octanol–water partition coefficient (Wildman–Crippen LogP) is 4.98. The summed E-state index contributed by atoms with van der Waals surface area (Å²) in [5.74, 6) is 2.65. The fourth-order valence-electron chi connectivity index (χ4n) is 3.92. The van der Waals surface area contributed by atoms with E-state index in [-0.39, 0.29) is 11.7 Å². The minimum Gasteiger partial charge on any atom is -0.461 e. The van der Waals surface area contributed by atoms with Crippen molar-refractivity contribution in [3.8, 4) is 5.75 Å². The van der Waals surface area contributed by atoms with E-state index in [0.29, 0.717) is 12.3 Å². The van der Waals surface area contributed by atoms with Crippen LogP contribution in [0.3, 0.4) is 0 Å². The number of ether oxygens (including phenoxy) is 1. The highest BCUT2D eigenvalue weighted by atomic mass is 16.5. The molecule has 0 bridgehead atoms. The highest BCUT2D eigenvalue weighted by Crippen LogP contribution is 2.49. The number of fused-ring (bicyclic) bond motifs is 3. The Bertz CT molecular complexity index is 798. The summed E-state index contributed by atoms with van der Waals surface area (Å²) < 4.78 is 6.15. The van der Waals surface area contributed by atoms with Crippen LogP contribution in [0.4, 0.5) is 0 Å². The van der Waals surface area contributed by atoms with Crippen LogP contribution in [-0.4, -0.2) is 5.78 Å². The molecule has 4 rings (SSSR count). The SMILES string of the molecule is CC(C)C1C2=C(CCCC2=O)Oc2ccc3ccccc3c21. The number of hydrogen-bond donors (Lipinski definition) is 0. The summed E-state index contributed by atoms with van der Waals surface area (Å²) in [7, 11) is 0. The first kappa shape index (κ1) is 13.6. The lowest BCUT2D eigenvalue weighted by molar-refractivity contribution is -0.116. The second-order valence-electron chi connectivity index (χ2n) is 6.64. The van der Waals surface area contributed by atoms with Gasteiger partial charge in [0.05, 0.1) is 0 Å². The maximum absolute atomic E-state index is 12.6. The van der Waals surface area contributed by atoms with Crippen LogP contribution in [0.5, 0.6) is 5.75 Å². The molecule has 2 heteroatoms. The maximum atomic E-state index is 12.6. The summed E-state index contributed by atoms with van der Waals surface area (Å²) in [5, 5.41) is 2.42. The fraction of sp³-hybridized carbons (Fsp3) is 0.350. The van der Waals surface area contributed by atoms with Crippen molar-refractivity contribution in [2.45, 2.75) is 39.0 Å². The van der Waals surface area contributed by atoms with Gasteiger partial charge in [-0.2, -0.15) is 0 Å². The molecule has 1 atom stereocenters. The van der Waals surface area contributed by atoms with E-state index in [1.54, 1.807) is 0 Å². The molecule has 0 amide bonds. The number of Topliss-reactive ketones (excluding diaryl/α,β-unsaturated/α-hetero) is 1. The summed E-state index contributed by atoms with van der Waals surface area (Å²) in [4.78, 5) is 12.6. The average Bonchev–Trinajstić information content (AvgIpc) is 2.52. The van der Waals surface area contributed by atoms with E-state index >= 15 is 0 Å². The molecule has 22 heavy (non-hydrogen) atoms. The van der Waals surface area contributed by atoms with Crippen LogP contribution >= 0.6 is 0 Å². The lowest BCUT2D eigenvalue weighted by atomic mass is 9.74. The zero-order chi connectivity index (χ0) is 15.3. The van der Waals surface area contributed by atoms with Crippen molar-refractivity contribution in [2.24, 2.45) is 5.92 Å². The molecule has 2 nitrogen and oxygen atoms in total. The summed E-state index contributed by atoms with van der Waals surface area (Å²) in [5.41, 5.74) is 2.13. The number of carbonyl (C=O) groups is 1. The van der Waals surface area contributed by atoms with Gasteiger partial charge in [0.25, 0.3) is 0 Å². The molecule has 0 aromatic heterocycles. The number of carbonyl (C=O) groups excluding carboxylic acids is 1. The van der Waals surface area contributed by atoms with Crippen LogP contribution in [0.2, 0.25) is 0 Å². The molecule has 0 spiro atoms. The minimum absolute atomic E-state index is 0.151. The van der Waals surface area contributed by atoms with E-state index in [1.807, 2.05) is 0 Å². The Labute approximate surface area is 130 Å². The Balaban J connectivity index is 2.01. The van der Waals surface area contributed by atoms with Gasteiger partial charge in [-0.05, 0) is 29.2 Å². The van der Waals surface area contributed by atoms with Crippen molar-refractivity contribution in [3.05, 3.63) is 53.3 Å². The van der Waals surface area contributed by atoms with Crippen LogP contribution in [0.15, 0.2) is 47.7 Å². The standard InChI is InChI=1S/C20H20O2/c1-12(2)18-19-14-7-4-3-6-13(14)10-11-17(19)22-16-9-5-8-15(21)20(16)18/h3-4,6-7,10-12,18H,5,8-9H2,1-2H3. The Hall–Kier alpha value is -2.09. The Kier molecular flexibility index (Phi) is 3.07. The van der Waals surface area contributed by atoms with Crippen LogP contribution in [-0.2, 0) is 4.79 Å². The minimum atomic E-state index is 0.151. The predicted molar refractivity (Wildman–Crippen MR) is 88.0 cm³/mol. The molecule has 0 saturated carbocycles. The first-order valence-electron chi connectivity index (χ1n) is 8.12. The molecular formula is C20H20O2. The zero-order valence-corrected chi connectivity index (χ0v) is 13.1. The first-order chi connectivity index (χ1) is 10.7. The molecule has 112 valence electrons. The van der Waals surface area contributed by atoms with Gasteiger partial charge in [0, 0.05) is 29.9 Å². The molecule has 2 aromatic rings. The molecule has 2 aliphatic rings. The van der Waals surface area contributed by atoms with E-state index in [1.165, 1.54) is 16.3 Å². The number of rotatable bonds is 1. The molecule has 1 aliphatic heterocycles. The Morgan fingerprint density at radius 1 is 1.09 bits per heavy atom. The van der Waals surface area contributed by atoms with E-state index in [2.05, 4.69) is 50.2 Å². The largest absolute Gasteiger partial charge is 0.461 e. The zero-order valence-electron chi connectivity index (χ0n) is 13.1. The third kappa shape index (κ3) is 1.90. The van der Waals surface area contributed by atoms with E-state index in [4.69, 9.17) is 4.74 Å². The number of allylic oxidation sites excluding steroid dienone is 2. The van der Waals surface area contributed by atoms with Crippen molar-refractivity contribution in [3.63, 3.8) is 0 Å². The lowest BCUT2D eigenvalue weighted by Crippen LogP contribution is -2.27. The molecule has 0 radical (unpaired) electrons. The molecule has 0 saturated heterocycles. The topological polar surface area (TPSA) is 26.3 Å². The number of benzene rings is 2. The smallest absolute Gasteiger partial charge is 0.162 e. The molecule has 1 heterocycles. The van der Waals surface area contributed by atoms with E-state index < -0.39 is 0 Å². The van der Waals surface area contributed by atoms with Crippen LogP contribution < -0.4 is 4.74 Å². The molecule has 0 fully saturated rings. The average molecular weight is 292 g/mol.